The lowest BCUT2D eigenvalue weighted by Crippen LogP contribution is -2.11. The first-order valence-electron chi connectivity index (χ1n) is 6.68. The maximum atomic E-state index is 11.8. The lowest BCUT2D eigenvalue weighted by Gasteiger charge is -2.04. The van der Waals surface area contributed by atoms with Gasteiger partial charge in [-0.05, 0) is 36.6 Å². The summed E-state index contributed by atoms with van der Waals surface area (Å²) in [5, 5.41) is 12.4. The number of carbonyl (C=O) groups is 2. The lowest BCUT2D eigenvalue weighted by atomic mass is 10.2. The predicted molar refractivity (Wildman–Crippen MR) is 73.8 cm³/mol. The third-order valence-corrected chi connectivity index (χ3v) is 3.49. The molecule has 5 heteroatoms. The second kappa shape index (κ2) is 5.00. The van der Waals surface area contributed by atoms with Gasteiger partial charge >= 0.3 is 5.97 Å². The van der Waals surface area contributed by atoms with Crippen LogP contribution in [0.5, 0.6) is 0 Å². The Kier molecular flexibility index (Phi) is 3.18. The van der Waals surface area contributed by atoms with Crippen LogP contribution in [0, 0.1) is 5.92 Å². The summed E-state index contributed by atoms with van der Waals surface area (Å²) in [7, 11) is 0. The van der Waals surface area contributed by atoms with Crippen LogP contribution < -0.4 is 5.32 Å². The number of amides is 1. The van der Waals surface area contributed by atoms with Gasteiger partial charge in [-0.25, -0.2) is 4.79 Å². The maximum Gasteiger partial charge on any atom is 0.371 e. The highest BCUT2D eigenvalue weighted by Crippen LogP contribution is 2.33. The molecule has 0 saturated heterocycles. The largest absolute Gasteiger partial charge is 0.475 e. The van der Waals surface area contributed by atoms with Crippen molar-refractivity contribution >= 4 is 28.5 Å². The number of hydrogen-bond donors (Lipinski definition) is 2. The van der Waals surface area contributed by atoms with Gasteiger partial charge in [0, 0.05) is 17.5 Å². The van der Waals surface area contributed by atoms with Crippen LogP contribution >= 0.6 is 0 Å². The van der Waals surface area contributed by atoms with E-state index in [0.29, 0.717) is 23.1 Å². The van der Waals surface area contributed by atoms with Crippen molar-refractivity contribution < 1.29 is 19.1 Å². The molecule has 1 heterocycles. The average Bonchev–Trinajstić information content (AvgIpc) is 3.14. The first-order chi connectivity index (χ1) is 9.61. The Morgan fingerprint density at radius 1 is 1.30 bits per heavy atom. The molecular weight excluding hydrogens is 258 g/mol. The fraction of sp³-hybridized carbons (Fsp3) is 0.333. The Labute approximate surface area is 115 Å². The number of hydrogen-bond acceptors (Lipinski definition) is 3. The van der Waals surface area contributed by atoms with Gasteiger partial charge in [0.2, 0.25) is 11.7 Å². The van der Waals surface area contributed by atoms with Gasteiger partial charge in [-0.2, -0.15) is 0 Å². The van der Waals surface area contributed by atoms with Gasteiger partial charge in [0.25, 0.3) is 0 Å². The van der Waals surface area contributed by atoms with Gasteiger partial charge in [-0.1, -0.05) is 12.8 Å². The molecule has 1 aromatic heterocycles. The zero-order valence-electron chi connectivity index (χ0n) is 10.9. The quantitative estimate of drug-likeness (QED) is 0.876. The van der Waals surface area contributed by atoms with Crippen molar-refractivity contribution in [2.24, 2.45) is 5.92 Å². The van der Waals surface area contributed by atoms with E-state index in [4.69, 9.17) is 9.52 Å². The van der Waals surface area contributed by atoms with Gasteiger partial charge in [-0.15, -0.1) is 0 Å². The van der Waals surface area contributed by atoms with Gasteiger partial charge in [0.15, 0.2) is 0 Å². The third kappa shape index (κ3) is 2.82. The summed E-state index contributed by atoms with van der Waals surface area (Å²) in [6.45, 7) is 0. The van der Waals surface area contributed by atoms with Crippen LogP contribution in [0.4, 0.5) is 5.69 Å². The number of aromatic carboxylic acids is 1. The molecule has 1 aliphatic carbocycles. The lowest BCUT2D eigenvalue weighted by molar-refractivity contribution is -0.116. The summed E-state index contributed by atoms with van der Waals surface area (Å²) in [4.78, 5) is 22.6. The molecule has 0 spiro atoms. The number of benzene rings is 1. The van der Waals surface area contributed by atoms with E-state index in [1.54, 1.807) is 18.2 Å². The summed E-state index contributed by atoms with van der Waals surface area (Å²) >= 11 is 0. The number of anilines is 1. The molecule has 1 fully saturated rings. The van der Waals surface area contributed by atoms with E-state index >= 15 is 0 Å². The van der Waals surface area contributed by atoms with Crippen LogP contribution in [0.2, 0.25) is 0 Å². The topological polar surface area (TPSA) is 79.5 Å². The zero-order chi connectivity index (χ0) is 14.1. The average molecular weight is 273 g/mol. The van der Waals surface area contributed by atoms with Crippen molar-refractivity contribution in [3.05, 3.63) is 30.0 Å². The van der Waals surface area contributed by atoms with Crippen molar-refractivity contribution in [3.63, 3.8) is 0 Å². The van der Waals surface area contributed by atoms with E-state index in [1.807, 2.05) is 0 Å². The van der Waals surface area contributed by atoms with Crippen LogP contribution in [-0.2, 0) is 4.79 Å². The molecule has 1 saturated carbocycles. The molecule has 0 unspecified atom stereocenters. The highest BCUT2D eigenvalue weighted by Gasteiger charge is 2.21. The summed E-state index contributed by atoms with van der Waals surface area (Å²) in [6.07, 6.45) is 3.97. The summed E-state index contributed by atoms with van der Waals surface area (Å²) in [5.74, 6) is -0.470. The summed E-state index contributed by atoms with van der Waals surface area (Å²) in [5.41, 5.74) is 1.16. The smallest absolute Gasteiger partial charge is 0.371 e. The molecule has 2 N–H and O–H groups in total. The summed E-state index contributed by atoms with van der Waals surface area (Å²) in [6, 6.07) is 6.56. The van der Waals surface area contributed by atoms with Crippen LogP contribution in [0.3, 0.4) is 0 Å². The summed E-state index contributed by atoms with van der Waals surface area (Å²) < 4.78 is 5.16. The molecule has 3 rings (SSSR count). The highest BCUT2D eigenvalue weighted by molar-refractivity contribution is 5.95. The fourth-order valence-corrected chi connectivity index (χ4v) is 2.19. The van der Waals surface area contributed by atoms with E-state index < -0.39 is 5.97 Å². The van der Waals surface area contributed by atoms with Crippen LogP contribution in [-0.4, -0.2) is 17.0 Å². The first-order valence-corrected chi connectivity index (χ1v) is 6.68. The molecule has 2 aromatic rings. The molecule has 104 valence electrons. The van der Waals surface area contributed by atoms with Crippen molar-refractivity contribution in [2.45, 2.75) is 25.7 Å². The molecule has 20 heavy (non-hydrogen) atoms. The fourth-order valence-electron chi connectivity index (χ4n) is 2.19. The van der Waals surface area contributed by atoms with Gasteiger partial charge in [0.05, 0.1) is 0 Å². The molecule has 1 aromatic carbocycles. The Morgan fingerprint density at radius 3 is 2.80 bits per heavy atom. The molecule has 0 atom stereocenters. The Morgan fingerprint density at radius 2 is 2.10 bits per heavy atom. The standard InChI is InChI=1S/C15H15NO4/c17-14(6-3-9-1-2-9)16-11-4-5-12-10(7-11)8-13(20-12)15(18)19/h4-5,7-9H,1-3,6H2,(H,16,17)(H,18,19). The van der Waals surface area contributed by atoms with E-state index in [-0.39, 0.29) is 11.7 Å². The minimum Gasteiger partial charge on any atom is -0.475 e. The number of rotatable bonds is 5. The van der Waals surface area contributed by atoms with Crippen molar-refractivity contribution in [2.75, 3.05) is 5.32 Å². The second-order valence-corrected chi connectivity index (χ2v) is 5.20. The Balaban J connectivity index is 1.70. The van der Waals surface area contributed by atoms with E-state index in [1.165, 1.54) is 18.9 Å². The van der Waals surface area contributed by atoms with Gasteiger partial charge < -0.3 is 14.8 Å². The maximum absolute atomic E-state index is 11.8. The number of carbonyl (C=O) groups excluding carboxylic acids is 1. The van der Waals surface area contributed by atoms with Gasteiger partial charge in [-0.3, -0.25) is 4.79 Å². The monoisotopic (exact) mass is 273 g/mol. The second-order valence-electron chi connectivity index (χ2n) is 5.20. The van der Waals surface area contributed by atoms with Crippen LogP contribution in [0.1, 0.15) is 36.2 Å². The van der Waals surface area contributed by atoms with Crippen LogP contribution in [0.15, 0.2) is 28.7 Å². The van der Waals surface area contributed by atoms with Crippen LogP contribution in [0.25, 0.3) is 11.0 Å². The van der Waals surface area contributed by atoms with E-state index in [0.717, 1.165) is 12.3 Å². The highest BCUT2D eigenvalue weighted by atomic mass is 16.4. The minimum absolute atomic E-state index is 0.00166. The van der Waals surface area contributed by atoms with Crippen molar-refractivity contribution in [1.29, 1.82) is 0 Å². The molecule has 0 bridgehead atoms. The molecule has 1 aliphatic rings. The number of fused-ring (bicyclic) bond motifs is 1. The molecular formula is C15H15NO4. The minimum atomic E-state index is -1.10. The number of furan rings is 1. The molecule has 0 radical (unpaired) electrons. The van der Waals surface area contributed by atoms with Crippen molar-refractivity contribution in [1.82, 2.24) is 0 Å². The number of carboxylic acids is 1. The SMILES string of the molecule is O=C(CCC1CC1)Nc1ccc2oc(C(=O)O)cc2c1. The number of nitrogens with one attached hydrogen (secondary N) is 1. The normalized spacial score (nSPS) is 14.4. The Hall–Kier alpha value is -2.30. The van der Waals surface area contributed by atoms with E-state index in [9.17, 15) is 9.59 Å². The number of carboxylic acid groups (broad SMARTS) is 1. The zero-order valence-corrected chi connectivity index (χ0v) is 10.9. The first kappa shape index (κ1) is 12.7. The van der Waals surface area contributed by atoms with Gasteiger partial charge in [0.1, 0.15) is 5.58 Å². The molecule has 0 aliphatic heterocycles. The van der Waals surface area contributed by atoms with Crippen molar-refractivity contribution in [3.8, 4) is 0 Å². The van der Waals surface area contributed by atoms with E-state index in [2.05, 4.69) is 5.32 Å². The third-order valence-electron chi connectivity index (χ3n) is 3.49. The molecule has 1 amide bonds. The molecule has 5 nitrogen and oxygen atoms in total. The predicted octanol–water partition coefficient (Wildman–Crippen LogP) is 3.26. The Bertz CT molecular complexity index is 670.